The van der Waals surface area contributed by atoms with Crippen LogP contribution in [0.5, 0.6) is 0 Å². The molecular weight excluding hydrogens is 198 g/mol. The van der Waals surface area contributed by atoms with E-state index in [4.69, 9.17) is 5.73 Å². The van der Waals surface area contributed by atoms with Gasteiger partial charge in [-0.2, -0.15) is 0 Å². The van der Waals surface area contributed by atoms with E-state index in [2.05, 4.69) is 0 Å². The second-order valence-corrected chi connectivity index (χ2v) is 3.71. The summed E-state index contributed by atoms with van der Waals surface area (Å²) in [4.78, 5) is 12.2. The zero-order chi connectivity index (χ0) is 11.5. The van der Waals surface area contributed by atoms with Crippen LogP contribution >= 0.6 is 0 Å². The molecule has 0 aliphatic carbocycles. The highest BCUT2D eigenvalue weighted by Gasteiger charge is 2.11. The molecule has 0 fully saturated rings. The Morgan fingerprint density at radius 2 is 1.69 bits per heavy atom. The average molecular weight is 211 g/mol. The van der Waals surface area contributed by atoms with E-state index in [0.717, 1.165) is 5.56 Å². The van der Waals surface area contributed by atoms with E-state index in [-0.39, 0.29) is 5.78 Å². The molecule has 2 rings (SSSR count). The highest BCUT2D eigenvalue weighted by Crippen LogP contribution is 2.18. The molecule has 16 heavy (non-hydrogen) atoms. The van der Waals surface area contributed by atoms with Gasteiger partial charge in [-0.1, -0.05) is 42.5 Å². The number of anilines is 1. The molecule has 0 heterocycles. The normalized spacial score (nSPS) is 10.1. The maximum Gasteiger partial charge on any atom is 0.193 e. The molecule has 80 valence electrons. The van der Waals surface area contributed by atoms with Gasteiger partial charge in [0.25, 0.3) is 0 Å². The van der Waals surface area contributed by atoms with Crippen molar-refractivity contribution in [1.82, 2.24) is 0 Å². The van der Waals surface area contributed by atoms with Gasteiger partial charge in [-0.05, 0) is 18.6 Å². The fourth-order valence-corrected chi connectivity index (χ4v) is 1.64. The highest BCUT2D eigenvalue weighted by atomic mass is 16.1. The van der Waals surface area contributed by atoms with E-state index >= 15 is 0 Å². The van der Waals surface area contributed by atoms with Crippen LogP contribution < -0.4 is 5.73 Å². The van der Waals surface area contributed by atoms with Gasteiger partial charge in [0.2, 0.25) is 0 Å². The third kappa shape index (κ3) is 1.82. The molecule has 0 unspecified atom stereocenters. The van der Waals surface area contributed by atoms with Gasteiger partial charge in [0, 0.05) is 16.8 Å². The van der Waals surface area contributed by atoms with E-state index in [1.165, 1.54) is 0 Å². The summed E-state index contributed by atoms with van der Waals surface area (Å²) in [7, 11) is 0. The zero-order valence-electron chi connectivity index (χ0n) is 9.10. The summed E-state index contributed by atoms with van der Waals surface area (Å²) < 4.78 is 0. The van der Waals surface area contributed by atoms with Gasteiger partial charge in [-0.15, -0.1) is 0 Å². The second-order valence-electron chi connectivity index (χ2n) is 3.71. The van der Waals surface area contributed by atoms with Crippen molar-refractivity contribution in [3.8, 4) is 0 Å². The molecule has 0 atom stereocenters. The van der Waals surface area contributed by atoms with Gasteiger partial charge in [0.15, 0.2) is 5.78 Å². The van der Waals surface area contributed by atoms with Crippen LogP contribution in [0.4, 0.5) is 5.69 Å². The number of nitrogens with two attached hydrogens (primary N) is 1. The topological polar surface area (TPSA) is 43.1 Å². The van der Waals surface area contributed by atoms with Gasteiger partial charge in [0.1, 0.15) is 0 Å². The van der Waals surface area contributed by atoms with E-state index in [1.807, 2.05) is 37.3 Å². The van der Waals surface area contributed by atoms with Crippen LogP contribution in [0.25, 0.3) is 0 Å². The molecule has 2 nitrogen and oxygen atoms in total. The molecule has 2 aromatic carbocycles. The molecular formula is C14H13NO. The van der Waals surface area contributed by atoms with Crippen LogP contribution in [0.3, 0.4) is 0 Å². The fourth-order valence-electron chi connectivity index (χ4n) is 1.64. The lowest BCUT2D eigenvalue weighted by Gasteiger charge is -2.07. The Kier molecular flexibility index (Phi) is 2.73. The first kappa shape index (κ1) is 10.4. The zero-order valence-corrected chi connectivity index (χ0v) is 9.10. The van der Waals surface area contributed by atoms with Crippen molar-refractivity contribution in [3.63, 3.8) is 0 Å². The van der Waals surface area contributed by atoms with Crippen molar-refractivity contribution in [1.29, 1.82) is 0 Å². The minimum Gasteiger partial charge on any atom is -0.398 e. The third-order valence-corrected chi connectivity index (χ3v) is 2.66. The third-order valence-electron chi connectivity index (χ3n) is 2.66. The van der Waals surface area contributed by atoms with E-state index < -0.39 is 0 Å². The molecule has 0 spiro atoms. The Morgan fingerprint density at radius 1 is 1.00 bits per heavy atom. The SMILES string of the molecule is Cc1c(N)cccc1C(=O)c1ccccc1. The molecule has 2 heteroatoms. The van der Waals surface area contributed by atoms with Gasteiger partial charge in [-0.25, -0.2) is 0 Å². The average Bonchev–Trinajstić information content (AvgIpc) is 2.33. The summed E-state index contributed by atoms with van der Waals surface area (Å²) in [6.45, 7) is 1.87. The predicted molar refractivity (Wildman–Crippen MR) is 65.5 cm³/mol. The van der Waals surface area contributed by atoms with E-state index in [1.54, 1.807) is 18.2 Å². The Morgan fingerprint density at radius 3 is 2.38 bits per heavy atom. The summed E-state index contributed by atoms with van der Waals surface area (Å²) in [5.74, 6) is 0.0189. The lowest BCUT2D eigenvalue weighted by atomic mass is 9.98. The summed E-state index contributed by atoms with van der Waals surface area (Å²) >= 11 is 0. The number of rotatable bonds is 2. The van der Waals surface area contributed by atoms with Gasteiger partial charge in [0.05, 0.1) is 0 Å². The van der Waals surface area contributed by atoms with Gasteiger partial charge >= 0.3 is 0 Å². The lowest BCUT2D eigenvalue weighted by Crippen LogP contribution is -2.05. The molecule has 0 aromatic heterocycles. The maximum atomic E-state index is 12.2. The molecule has 0 aliphatic rings. The summed E-state index contributed by atoms with van der Waals surface area (Å²) in [5.41, 5.74) is 8.65. The highest BCUT2D eigenvalue weighted by molar-refractivity contribution is 6.10. The molecule has 0 aliphatic heterocycles. The summed E-state index contributed by atoms with van der Waals surface area (Å²) in [6, 6.07) is 14.6. The Labute approximate surface area is 94.7 Å². The number of carbonyl (C=O) groups excluding carboxylic acids is 1. The lowest BCUT2D eigenvalue weighted by molar-refractivity contribution is 0.103. The smallest absolute Gasteiger partial charge is 0.193 e. The second kappa shape index (κ2) is 4.19. The van der Waals surface area contributed by atoms with Crippen molar-refractivity contribution in [2.24, 2.45) is 0 Å². The number of benzene rings is 2. The van der Waals surface area contributed by atoms with Crippen molar-refractivity contribution < 1.29 is 4.79 Å². The molecule has 0 saturated carbocycles. The first-order chi connectivity index (χ1) is 7.70. The molecule has 0 radical (unpaired) electrons. The number of carbonyl (C=O) groups is 1. The standard InChI is InChI=1S/C14H13NO/c1-10-12(8-5-9-13(10)15)14(16)11-6-3-2-4-7-11/h2-9H,15H2,1H3. The summed E-state index contributed by atoms with van der Waals surface area (Å²) in [5, 5.41) is 0. The largest absolute Gasteiger partial charge is 0.398 e. The number of nitrogen functional groups attached to an aromatic ring is 1. The number of hydrogen-bond acceptors (Lipinski definition) is 2. The minimum atomic E-state index is 0.0189. The Hall–Kier alpha value is -2.09. The minimum absolute atomic E-state index is 0.0189. The Bertz CT molecular complexity index is 518. The van der Waals surface area contributed by atoms with Crippen LogP contribution in [0.15, 0.2) is 48.5 Å². The predicted octanol–water partition coefficient (Wildman–Crippen LogP) is 2.81. The monoisotopic (exact) mass is 211 g/mol. The van der Waals surface area contributed by atoms with Crippen molar-refractivity contribution >= 4 is 11.5 Å². The van der Waals surface area contributed by atoms with Crippen LogP contribution in [0, 0.1) is 6.92 Å². The quantitative estimate of drug-likeness (QED) is 0.613. The van der Waals surface area contributed by atoms with Crippen molar-refractivity contribution in [2.75, 3.05) is 5.73 Å². The number of hydrogen-bond donors (Lipinski definition) is 1. The van der Waals surface area contributed by atoms with Crippen molar-refractivity contribution in [2.45, 2.75) is 6.92 Å². The van der Waals surface area contributed by atoms with Crippen LogP contribution in [-0.4, -0.2) is 5.78 Å². The summed E-state index contributed by atoms with van der Waals surface area (Å²) in [6.07, 6.45) is 0. The van der Waals surface area contributed by atoms with E-state index in [9.17, 15) is 4.79 Å². The van der Waals surface area contributed by atoms with Gasteiger partial charge < -0.3 is 5.73 Å². The first-order valence-electron chi connectivity index (χ1n) is 5.15. The number of ketones is 1. The van der Waals surface area contributed by atoms with Crippen molar-refractivity contribution in [3.05, 3.63) is 65.2 Å². The van der Waals surface area contributed by atoms with Crippen LogP contribution in [0.1, 0.15) is 21.5 Å². The van der Waals surface area contributed by atoms with Gasteiger partial charge in [-0.3, -0.25) is 4.79 Å². The molecule has 2 aromatic rings. The molecule has 2 N–H and O–H groups in total. The van der Waals surface area contributed by atoms with Crippen LogP contribution in [0.2, 0.25) is 0 Å². The molecule has 0 bridgehead atoms. The molecule has 0 saturated heterocycles. The fraction of sp³-hybridized carbons (Fsp3) is 0.0714. The Balaban J connectivity index is 2.46. The van der Waals surface area contributed by atoms with E-state index in [0.29, 0.717) is 16.8 Å². The van der Waals surface area contributed by atoms with Crippen LogP contribution in [-0.2, 0) is 0 Å². The first-order valence-corrected chi connectivity index (χ1v) is 5.15. The molecule has 0 amide bonds. The maximum absolute atomic E-state index is 12.2.